The zero-order chi connectivity index (χ0) is 14.4. The van der Waals surface area contributed by atoms with Gasteiger partial charge in [0.1, 0.15) is 5.69 Å². The molecule has 110 valence electrons. The quantitative estimate of drug-likeness (QED) is 0.877. The largest absolute Gasteiger partial charge is 0.396 e. The molecular formula is C15H18N4O2. The number of rotatable bonds is 3. The normalized spacial score (nSPS) is 30.9. The standard InChI is InChI=1S/C15H18N4O2/c20-8-11-9-2-3-10(6-9)13(11)18-14(21)12-7-19-5-1-4-16-15(19)17-12/h1,4-5,7,9-11,13,20H,2-3,6,8H2,(H,18,21). The fourth-order valence-electron chi connectivity index (χ4n) is 4.06. The molecule has 0 radical (unpaired) electrons. The Morgan fingerprint density at radius 3 is 3.10 bits per heavy atom. The van der Waals surface area contributed by atoms with E-state index >= 15 is 0 Å². The second-order valence-corrected chi connectivity index (χ2v) is 6.13. The van der Waals surface area contributed by atoms with Gasteiger partial charge in [0.15, 0.2) is 0 Å². The van der Waals surface area contributed by atoms with Crippen LogP contribution in [0.1, 0.15) is 29.8 Å². The van der Waals surface area contributed by atoms with Gasteiger partial charge in [0, 0.05) is 37.2 Å². The highest BCUT2D eigenvalue weighted by Gasteiger charge is 2.47. The van der Waals surface area contributed by atoms with Crippen LogP contribution in [0.15, 0.2) is 24.7 Å². The number of imidazole rings is 1. The van der Waals surface area contributed by atoms with Gasteiger partial charge in [0.05, 0.1) is 0 Å². The number of fused-ring (bicyclic) bond motifs is 3. The molecule has 2 N–H and O–H groups in total. The van der Waals surface area contributed by atoms with Gasteiger partial charge in [-0.2, -0.15) is 0 Å². The third-order valence-corrected chi connectivity index (χ3v) is 5.07. The van der Waals surface area contributed by atoms with Gasteiger partial charge in [-0.3, -0.25) is 9.20 Å². The topological polar surface area (TPSA) is 79.5 Å². The molecule has 1 amide bonds. The van der Waals surface area contributed by atoms with Gasteiger partial charge < -0.3 is 10.4 Å². The average molecular weight is 286 g/mol. The summed E-state index contributed by atoms with van der Waals surface area (Å²) in [4.78, 5) is 20.8. The molecule has 2 fully saturated rings. The summed E-state index contributed by atoms with van der Waals surface area (Å²) in [6.07, 6.45) is 8.63. The van der Waals surface area contributed by atoms with Crippen molar-refractivity contribution < 1.29 is 9.90 Å². The zero-order valence-corrected chi connectivity index (χ0v) is 11.6. The molecule has 2 saturated carbocycles. The molecule has 0 aliphatic heterocycles. The average Bonchev–Trinajstić information content (AvgIpc) is 3.20. The van der Waals surface area contributed by atoms with Crippen LogP contribution in [0.4, 0.5) is 0 Å². The third-order valence-electron chi connectivity index (χ3n) is 5.07. The van der Waals surface area contributed by atoms with Crippen molar-refractivity contribution in [3.63, 3.8) is 0 Å². The van der Waals surface area contributed by atoms with Crippen LogP contribution in [0.3, 0.4) is 0 Å². The molecule has 2 aliphatic rings. The Bertz CT molecular complexity index is 650. The second kappa shape index (κ2) is 4.80. The molecule has 4 atom stereocenters. The van der Waals surface area contributed by atoms with Crippen LogP contribution in [0.2, 0.25) is 0 Å². The predicted octanol–water partition coefficient (Wildman–Crippen LogP) is 0.866. The van der Waals surface area contributed by atoms with E-state index < -0.39 is 0 Å². The zero-order valence-electron chi connectivity index (χ0n) is 11.6. The summed E-state index contributed by atoms with van der Waals surface area (Å²) >= 11 is 0. The lowest BCUT2D eigenvalue weighted by molar-refractivity contribution is 0.0857. The first-order valence-electron chi connectivity index (χ1n) is 7.47. The summed E-state index contributed by atoms with van der Waals surface area (Å²) in [7, 11) is 0. The second-order valence-electron chi connectivity index (χ2n) is 6.13. The van der Waals surface area contributed by atoms with Crippen LogP contribution in [-0.4, -0.2) is 38.0 Å². The molecule has 21 heavy (non-hydrogen) atoms. The van der Waals surface area contributed by atoms with Crippen LogP contribution < -0.4 is 5.32 Å². The van der Waals surface area contributed by atoms with Crippen molar-refractivity contribution >= 4 is 11.7 Å². The molecule has 2 heterocycles. The Hall–Kier alpha value is -1.95. The fourth-order valence-corrected chi connectivity index (χ4v) is 4.06. The summed E-state index contributed by atoms with van der Waals surface area (Å²) in [6, 6.07) is 1.88. The highest BCUT2D eigenvalue weighted by Crippen LogP contribution is 2.48. The number of hydrogen-bond donors (Lipinski definition) is 2. The highest BCUT2D eigenvalue weighted by atomic mass is 16.3. The monoisotopic (exact) mass is 286 g/mol. The van der Waals surface area contributed by atoms with Gasteiger partial charge in [-0.25, -0.2) is 9.97 Å². The molecule has 2 aliphatic carbocycles. The first kappa shape index (κ1) is 12.8. The van der Waals surface area contributed by atoms with Crippen molar-refractivity contribution in [2.75, 3.05) is 6.61 Å². The van der Waals surface area contributed by atoms with Gasteiger partial charge in [0.2, 0.25) is 5.78 Å². The Morgan fingerprint density at radius 2 is 2.29 bits per heavy atom. The molecule has 6 heteroatoms. The van der Waals surface area contributed by atoms with Crippen molar-refractivity contribution in [2.45, 2.75) is 25.3 Å². The predicted molar refractivity (Wildman–Crippen MR) is 75.6 cm³/mol. The van der Waals surface area contributed by atoms with Crippen LogP contribution in [-0.2, 0) is 0 Å². The van der Waals surface area contributed by atoms with Crippen LogP contribution in [0.25, 0.3) is 5.78 Å². The molecule has 4 unspecified atom stereocenters. The van der Waals surface area contributed by atoms with Crippen molar-refractivity contribution in [3.05, 3.63) is 30.4 Å². The van der Waals surface area contributed by atoms with E-state index in [0.717, 1.165) is 12.8 Å². The minimum atomic E-state index is -0.170. The first-order chi connectivity index (χ1) is 10.3. The van der Waals surface area contributed by atoms with Crippen LogP contribution >= 0.6 is 0 Å². The number of aliphatic hydroxyl groups excluding tert-OH is 1. The van der Waals surface area contributed by atoms with Crippen LogP contribution in [0, 0.1) is 17.8 Å². The molecule has 2 aromatic heterocycles. The van der Waals surface area contributed by atoms with Crippen molar-refractivity contribution in [3.8, 4) is 0 Å². The van der Waals surface area contributed by atoms with E-state index in [1.54, 1.807) is 22.9 Å². The Labute approximate surface area is 122 Å². The maximum absolute atomic E-state index is 12.4. The van der Waals surface area contributed by atoms with E-state index in [2.05, 4.69) is 15.3 Å². The molecular weight excluding hydrogens is 268 g/mol. The number of hydrogen-bond acceptors (Lipinski definition) is 4. The van der Waals surface area contributed by atoms with E-state index in [1.165, 1.54) is 6.42 Å². The lowest BCUT2D eigenvalue weighted by Gasteiger charge is -2.30. The summed E-state index contributed by atoms with van der Waals surface area (Å²) in [5, 5.41) is 12.7. The number of carbonyl (C=O) groups excluding carboxylic acids is 1. The van der Waals surface area contributed by atoms with E-state index in [1.807, 2.05) is 6.20 Å². The highest BCUT2D eigenvalue weighted by molar-refractivity contribution is 5.93. The number of nitrogens with one attached hydrogen (secondary N) is 1. The van der Waals surface area contributed by atoms with Crippen molar-refractivity contribution in [1.82, 2.24) is 19.7 Å². The van der Waals surface area contributed by atoms with Crippen LogP contribution in [0.5, 0.6) is 0 Å². The SMILES string of the molecule is O=C(NC1C2CCC(C2)C1CO)c1cn2cccnc2n1. The van der Waals surface area contributed by atoms with Gasteiger partial charge in [-0.05, 0) is 37.2 Å². The molecule has 0 aromatic carbocycles. The first-order valence-corrected chi connectivity index (χ1v) is 7.47. The minimum Gasteiger partial charge on any atom is -0.396 e. The summed E-state index contributed by atoms with van der Waals surface area (Å²) in [6.45, 7) is 0.152. The number of amides is 1. The van der Waals surface area contributed by atoms with Gasteiger partial charge in [0.25, 0.3) is 5.91 Å². The summed E-state index contributed by atoms with van der Waals surface area (Å²) in [5.41, 5.74) is 0.383. The van der Waals surface area contributed by atoms with E-state index in [9.17, 15) is 9.90 Å². The summed E-state index contributed by atoms with van der Waals surface area (Å²) in [5.74, 6) is 1.62. The molecule has 2 bridgehead atoms. The lowest BCUT2D eigenvalue weighted by Crippen LogP contribution is -2.45. The maximum Gasteiger partial charge on any atom is 0.271 e. The molecule has 6 nitrogen and oxygen atoms in total. The number of aliphatic hydroxyl groups is 1. The van der Waals surface area contributed by atoms with Crippen molar-refractivity contribution in [1.29, 1.82) is 0 Å². The fraction of sp³-hybridized carbons (Fsp3) is 0.533. The smallest absolute Gasteiger partial charge is 0.271 e. The Balaban J connectivity index is 1.55. The maximum atomic E-state index is 12.4. The number of nitrogens with zero attached hydrogens (tertiary/aromatic N) is 3. The minimum absolute atomic E-state index is 0.0824. The van der Waals surface area contributed by atoms with E-state index in [4.69, 9.17) is 0 Å². The van der Waals surface area contributed by atoms with Crippen molar-refractivity contribution in [2.24, 2.45) is 17.8 Å². The van der Waals surface area contributed by atoms with Gasteiger partial charge in [-0.1, -0.05) is 0 Å². The Morgan fingerprint density at radius 1 is 1.43 bits per heavy atom. The third kappa shape index (κ3) is 2.01. The summed E-state index contributed by atoms with van der Waals surface area (Å²) < 4.78 is 1.74. The Kier molecular flexibility index (Phi) is 2.92. The molecule has 4 rings (SSSR count). The van der Waals surface area contributed by atoms with E-state index in [0.29, 0.717) is 23.3 Å². The van der Waals surface area contributed by atoms with E-state index in [-0.39, 0.29) is 24.5 Å². The van der Waals surface area contributed by atoms with Gasteiger partial charge in [-0.15, -0.1) is 0 Å². The lowest BCUT2D eigenvalue weighted by atomic mass is 9.85. The molecule has 0 saturated heterocycles. The molecule has 0 spiro atoms. The number of carbonyl (C=O) groups is 1. The number of aromatic nitrogens is 3. The molecule has 2 aromatic rings. The van der Waals surface area contributed by atoms with Gasteiger partial charge >= 0.3 is 0 Å².